The lowest BCUT2D eigenvalue weighted by atomic mass is 9.95. The molecule has 18 heavy (non-hydrogen) atoms. The van der Waals surface area contributed by atoms with Crippen LogP contribution in [0.25, 0.3) is 0 Å². The van der Waals surface area contributed by atoms with Gasteiger partial charge in [-0.05, 0) is 33.1 Å². The van der Waals surface area contributed by atoms with Crippen molar-refractivity contribution in [3.63, 3.8) is 0 Å². The molecule has 2 N–H and O–H groups in total. The average molecular weight is 259 g/mol. The lowest BCUT2D eigenvalue weighted by molar-refractivity contribution is -0.137. The topological polar surface area (TPSA) is 75.6 Å². The molecule has 0 saturated carbocycles. The molecule has 5 heteroatoms. The van der Waals surface area contributed by atoms with Crippen LogP contribution >= 0.6 is 0 Å². The highest BCUT2D eigenvalue weighted by atomic mass is 16.6. The third-order valence-electron chi connectivity index (χ3n) is 2.70. The highest BCUT2D eigenvalue weighted by molar-refractivity contribution is 5.69. The Morgan fingerprint density at radius 3 is 2.28 bits per heavy atom. The Balaban J connectivity index is 4.40. The number of alkyl carbamates (subject to hydrolysis) is 1. The zero-order chi connectivity index (χ0) is 14.3. The number of carboxylic acid groups (broad SMARTS) is 1. The summed E-state index contributed by atoms with van der Waals surface area (Å²) in [5, 5.41) is 11.4. The number of ether oxygens (including phenoxy) is 1. The summed E-state index contributed by atoms with van der Waals surface area (Å²) in [5.41, 5.74) is -0.545. The van der Waals surface area contributed by atoms with E-state index in [1.54, 1.807) is 20.8 Å². The van der Waals surface area contributed by atoms with E-state index in [4.69, 9.17) is 9.84 Å². The van der Waals surface area contributed by atoms with Gasteiger partial charge in [0, 0.05) is 12.5 Å². The first-order valence-electron chi connectivity index (χ1n) is 6.37. The monoisotopic (exact) mass is 259 g/mol. The summed E-state index contributed by atoms with van der Waals surface area (Å²) >= 11 is 0. The van der Waals surface area contributed by atoms with Gasteiger partial charge in [0.2, 0.25) is 0 Å². The predicted octanol–water partition coefficient (Wildman–Crippen LogP) is 2.79. The van der Waals surface area contributed by atoms with Crippen molar-refractivity contribution >= 4 is 12.1 Å². The summed E-state index contributed by atoms with van der Waals surface area (Å²) in [5.74, 6) is -0.633. The van der Waals surface area contributed by atoms with Gasteiger partial charge < -0.3 is 15.2 Å². The van der Waals surface area contributed by atoms with E-state index in [0.29, 0.717) is 6.42 Å². The van der Waals surface area contributed by atoms with Crippen molar-refractivity contribution in [2.24, 2.45) is 5.92 Å². The molecule has 0 bridgehead atoms. The molecule has 0 aliphatic rings. The van der Waals surface area contributed by atoms with Gasteiger partial charge in [-0.2, -0.15) is 0 Å². The van der Waals surface area contributed by atoms with Crippen molar-refractivity contribution in [1.29, 1.82) is 0 Å². The highest BCUT2D eigenvalue weighted by Crippen LogP contribution is 2.14. The minimum atomic E-state index is -0.853. The Morgan fingerprint density at radius 2 is 1.89 bits per heavy atom. The molecular formula is C13H25NO4. The van der Waals surface area contributed by atoms with Gasteiger partial charge in [-0.1, -0.05) is 20.3 Å². The average Bonchev–Trinajstić information content (AvgIpc) is 2.20. The van der Waals surface area contributed by atoms with Crippen LogP contribution in [-0.2, 0) is 9.53 Å². The van der Waals surface area contributed by atoms with Crippen LogP contribution in [0.5, 0.6) is 0 Å². The molecule has 0 aliphatic heterocycles. The van der Waals surface area contributed by atoms with E-state index in [2.05, 4.69) is 5.32 Å². The zero-order valence-corrected chi connectivity index (χ0v) is 11.9. The number of hydrogen-bond donors (Lipinski definition) is 2. The van der Waals surface area contributed by atoms with Crippen LogP contribution in [0.4, 0.5) is 4.79 Å². The molecule has 0 fully saturated rings. The molecule has 106 valence electrons. The molecule has 5 nitrogen and oxygen atoms in total. The largest absolute Gasteiger partial charge is 0.481 e. The summed E-state index contributed by atoms with van der Waals surface area (Å²) in [6.45, 7) is 9.38. The third kappa shape index (κ3) is 7.92. The molecule has 0 saturated heterocycles. The molecule has 0 aromatic rings. The number of aliphatic carboxylic acids is 1. The van der Waals surface area contributed by atoms with Crippen LogP contribution in [0, 0.1) is 5.92 Å². The third-order valence-corrected chi connectivity index (χ3v) is 2.70. The molecule has 0 heterocycles. The first-order chi connectivity index (χ1) is 8.15. The molecule has 0 unspecified atom stereocenters. The van der Waals surface area contributed by atoms with Gasteiger partial charge in [0.05, 0.1) is 0 Å². The van der Waals surface area contributed by atoms with Gasteiger partial charge in [-0.15, -0.1) is 0 Å². The number of nitrogens with one attached hydrogen (secondary N) is 1. The molecule has 2 atom stereocenters. The first kappa shape index (κ1) is 16.7. The number of carbonyl (C=O) groups excluding carboxylic acids is 1. The second-order valence-electron chi connectivity index (χ2n) is 5.57. The Bertz CT molecular complexity index is 283. The van der Waals surface area contributed by atoms with Gasteiger partial charge >= 0.3 is 12.1 Å². The van der Waals surface area contributed by atoms with Crippen LogP contribution in [0.15, 0.2) is 0 Å². The van der Waals surface area contributed by atoms with Crippen LogP contribution < -0.4 is 5.32 Å². The Kier molecular flexibility index (Phi) is 6.73. The maximum absolute atomic E-state index is 11.7. The standard InChI is InChI=1S/C13H25NO4/c1-6-9(2)10(7-8-11(15)16)14-12(17)18-13(3,4)5/h9-10H,6-8H2,1-5H3,(H,14,17)(H,15,16)/t9-,10-/m0/s1. The number of carboxylic acids is 1. The Labute approximate surface area is 109 Å². The van der Waals surface area contributed by atoms with Crippen molar-refractivity contribution in [1.82, 2.24) is 5.32 Å². The van der Waals surface area contributed by atoms with Gasteiger partial charge in [-0.3, -0.25) is 4.79 Å². The quantitative estimate of drug-likeness (QED) is 0.769. The van der Waals surface area contributed by atoms with Gasteiger partial charge in [-0.25, -0.2) is 4.79 Å². The van der Waals surface area contributed by atoms with Crippen LogP contribution in [0.2, 0.25) is 0 Å². The van der Waals surface area contributed by atoms with Crippen molar-refractivity contribution < 1.29 is 19.4 Å². The number of amides is 1. The smallest absolute Gasteiger partial charge is 0.407 e. The first-order valence-corrected chi connectivity index (χ1v) is 6.37. The normalized spacial score (nSPS) is 14.7. The maximum Gasteiger partial charge on any atom is 0.407 e. The van der Waals surface area contributed by atoms with Crippen LogP contribution in [-0.4, -0.2) is 28.8 Å². The Hall–Kier alpha value is -1.26. The zero-order valence-electron chi connectivity index (χ0n) is 11.9. The molecule has 0 spiro atoms. The van der Waals surface area contributed by atoms with Gasteiger partial charge in [0.1, 0.15) is 5.60 Å². The van der Waals surface area contributed by atoms with E-state index in [9.17, 15) is 9.59 Å². The predicted molar refractivity (Wildman–Crippen MR) is 69.5 cm³/mol. The second-order valence-corrected chi connectivity index (χ2v) is 5.57. The summed E-state index contributed by atoms with van der Waals surface area (Å²) < 4.78 is 5.17. The minimum Gasteiger partial charge on any atom is -0.481 e. The van der Waals surface area contributed by atoms with E-state index in [1.807, 2.05) is 13.8 Å². The van der Waals surface area contributed by atoms with E-state index in [1.165, 1.54) is 0 Å². The molecule has 0 aromatic heterocycles. The van der Waals surface area contributed by atoms with Crippen molar-refractivity contribution in [2.75, 3.05) is 0 Å². The number of hydrogen-bond acceptors (Lipinski definition) is 3. The molecule has 0 aromatic carbocycles. The van der Waals surface area contributed by atoms with Gasteiger partial charge in [0.15, 0.2) is 0 Å². The van der Waals surface area contributed by atoms with Crippen molar-refractivity contribution in [2.45, 2.75) is 65.5 Å². The molecule has 1 amide bonds. The lowest BCUT2D eigenvalue weighted by Gasteiger charge is -2.26. The second kappa shape index (κ2) is 7.24. The fourth-order valence-electron chi connectivity index (χ4n) is 1.52. The van der Waals surface area contributed by atoms with Crippen molar-refractivity contribution in [3.8, 4) is 0 Å². The summed E-state index contributed by atoms with van der Waals surface area (Å²) in [6.07, 6.45) is 0.854. The lowest BCUT2D eigenvalue weighted by Crippen LogP contribution is -2.42. The van der Waals surface area contributed by atoms with Gasteiger partial charge in [0.25, 0.3) is 0 Å². The van der Waals surface area contributed by atoms with E-state index < -0.39 is 17.7 Å². The highest BCUT2D eigenvalue weighted by Gasteiger charge is 2.22. The molecule has 0 rings (SSSR count). The van der Waals surface area contributed by atoms with E-state index >= 15 is 0 Å². The Morgan fingerprint density at radius 1 is 1.33 bits per heavy atom. The fourth-order valence-corrected chi connectivity index (χ4v) is 1.52. The number of carbonyl (C=O) groups is 2. The summed E-state index contributed by atoms with van der Waals surface area (Å²) in [6, 6.07) is -0.166. The minimum absolute atomic E-state index is 0.0464. The maximum atomic E-state index is 11.7. The van der Waals surface area contributed by atoms with Crippen LogP contribution in [0.3, 0.4) is 0 Å². The molecule has 0 aliphatic carbocycles. The fraction of sp³-hybridized carbons (Fsp3) is 0.846. The van der Waals surface area contributed by atoms with E-state index in [-0.39, 0.29) is 18.4 Å². The summed E-state index contributed by atoms with van der Waals surface area (Å²) in [4.78, 5) is 22.2. The van der Waals surface area contributed by atoms with Crippen molar-refractivity contribution in [3.05, 3.63) is 0 Å². The summed E-state index contributed by atoms with van der Waals surface area (Å²) in [7, 11) is 0. The van der Waals surface area contributed by atoms with E-state index in [0.717, 1.165) is 6.42 Å². The molecular weight excluding hydrogens is 234 g/mol. The molecule has 0 radical (unpaired) electrons. The van der Waals surface area contributed by atoms with Crippen LogP contribution in [0.1, 0.15) is 53.9 Å². The number of rotatable bonds is 6. The SMILES string of the molecule is CC[C@H](C)[C@H](CCC(=O)O)NC(=O)OC(C)(C)C.